The van der Waals surface area contributed by atoms with E-state index in [0.29, 0.717) is 5.56 Å². The van der Waals surface area contributed by atoms with E-state index in [1.807, 2.05) is 26.0 Å². The Labute approximate surface area is 132 Å². The molecule has 0 aliphatic rings. The molecule has 2 aromatic rings. The van der Waals surface area contributed by atoms with E-state index >= 15 is 0 Å². The molecule has 0 atom stereocenters. The molecule has 0 radical (unpaired) electrons. The van der Waals surface area contributed by atoms with Gasteiger partial charge in [0.25, 0.3) is 5.91 Å². The van der Waals surface area contributed by atoms with Crippen molar-refractivity contribution in [2.24, 2.45) is 0 Å². The van der Waals surface area contributed by atoms with Crippen LogP contribution in [0.2, 0.25) is 0 Å². The summed E-state index contributed by atoms with van der Waals surface area (Å²) in [4.78, 5) is 16.5. The molecule has 5 nitrogen and oxygen atoms in total. The molecule has 1 heterocycles. The summed E-state index contributed by atoms with van der Waals surface area (Å²) in [7, 11) is 0. The highest BCUT2D eigenvalue weighted by atomic mass is 79.9. The molecule has 21 heavy (non-hydrogen) atoms. The Bertz CT molecular complexity index is 628. The number of anilines is 1. The Morgan fingerprint density at radius 3 is 2.33 bits per heavy atom. The number of benzene rings is 1. The van der Waals surface area contributed by atoms with Crippen LogP contribution in [0.25, 0.3) is 0 Å². The van der Waals surface area contributed by atoms with Crippen LogP contribution in [0, 0.1) is 0 Å². The number of aromatic nitrogens is 3. The lowest BCUT2D eigenvalue weighted by atomic mass is 10.1. The fourth-order valence-corrected chi connectivity index (χ4v) is 2.28. The molecule has 0 fully saturated rings. The van der Waals surface area contributed by atoms with Crippen LogP contribution in [0.4, 0.5) is 5.95 Å². The van der Waals surface area contributed by atoms with Crippen LogP contribution in [-0.2, 0) is 18.2 Å². The number of nitrogens with one attached hydrogen (secondary N) is 1. The maximum atomic E-state index is 12.1. The van der Waals surface area contributed by atoms with Crippen molar-refractivity contribution in [3.8, 4) is 0 Å². The van der Waals surface area contributed by atoms with Crippen LogP contribution in [0.3, 0.4) is 0 Å². The zero-order valence-electron chi connectivity index (χ0n) is 12.1. The molecule has 0 bridgehead atoms. The maximum absolute atomic E-state index is 12.1. The Morgan fingerprint density at radius 2 is 1.76 bits per heavy atom. The van der Waals surface area contributed by atoms with Crippen molar-refractivity contribution >= 4 is 27.8 Å². The van der Waals surface area contributed by atoms with E-state index in [0.717, 1.165) is 35.1 Å². The van der Waals surface area contributed by atoms with E-state index in [1.54, 1.807) is 12.1 Å². The predicted octanol–water partition coefficient (Wildman–Crippen LogP) is 3.14. The second-order valence-corrected chi connectivity index (χ2v) is 5.08. The van der Waals surface area contributed by atoms with Gasteiger partial charge in [0.1, 0.15) is 0 Å². The summed E-state index contributed by atoms with van der Waals surface area (Å²) in [5, 5.41) is 11.5. The quantitative estimate of drug-likeness (QED) is 0.842. The van der Waals surface area contributed by atoms with Gasteiger partial charge < -0.3 is 0 Å². The average molecular weight is 349 g/mol. The number of hydrogen-bond donors (Lipinski definition) is 1. The monoisotopic (exact) mass is 348 g/mol. The van der Waals surface area contributed by atoms with Crippen molar-refractivity contribution in [3.05, 3.63) is 46.8 Å². The van der Waals surface area contributed by atoms with Crippen molar-refractivity contribution < 1.29 is 4.79 Å². The second-order valence-electron chi connectivity index (χ2n) is 4.52. The first kappa shape index (κ1) is 15.6. The standard InChI is InChI=1S/C15H17BrN4O/c1-3-12-13(4-2)19-20-15(17-12)18-14(21)11-7-5-10(9-16)6-8-11/h5-8H,3-4,9H2,1-2H3,(H,17,18,20,21). The van der Waals surface area contributed by atoms with Gasteiger partial charge in [-0.2, -0.15) is 0 Å². The summed E-state index contributed by atoms with van der Waals surface area (Å²) in [6.45, 7) is 4.02. The van der Waals surface area contributed by atoms with Crippen LogP contribution in [0.5, 0.6) is 0 Å². The third-order valence-corrected chi connectivity index (χ3v) is 3.75. The average Bonchev–Trinajstić information content (AvgIpc) is 2.54. The van der Waals surface area contributed by atoms with Crippen molar-refractivity contribution in [2.75, 3.05) is 5.32 Å². The Hall–Kier alpha value is -1.82. The van der Waals surface area contributed by atoms with Gasteiger partial charge in [-0.05, 0) is 30.5 Å². The van der Waals surface area contributed by atoms with Crippen LogP contribution < -0.4 is 5.32 Å². The Kier molecular flexibility index (Phi) is 5.38. The lowest BCUT2D eigenvalue weighted by Crippen LogP contribution is -2.16. The number of halogens is 1. The highest BCUT2D eigenvalue weighted by molar-refractivity contribution is 9.08. The smallest absolute Gasteiger partial charge is 0.258 e. The van der Waals surface area contributed by atoms with E-state index in [9.17, 15) is 4.79 Å². The van der Waals surface area contributed by atoms with Gasteiger partial charge in [-0.25, -0.2) is 4.98 Å². The summed E-state index contributed by atoms with van der Waals surface area (Å²) in [6, 6.07) is 7.36. The summed E-state index contributed by atoms with van der Waals surface area (Å²) in [5.41, 5.74) is 3.43. The zero-order chi connectivity index (χ0) is 15.2. The number of nitrogens with zero attached hydrogens (tertiary/aromatic N) is 3. The van der Waals surface area contributed by atoms with E-state index in [1.165, 1.54) is 0 Å². The van der Waals surface area contributed by atoms with E-state index in [2.05, 4.69) is 36.4 Å². The number of rotatable bonds is 5. The number of carbonyl (C=O) groups excluding carboxylic acids is 1. The number of amides is 1. The van der Waals surface area contributed by atoms with E-state index in [-0.39, 0.29) is 11.9 Å². The van der Waals surface area contributed by atoms with Gasteiger partial charge in [0.15, 0.2) is 0 Å². The molecule has 1 aromatic carbocycles. The molecule has 1 N–H and O–H groups in total. The molecule has 0 saturated carbocycles. The summed E-state index contributed by atoms with van der Waals surface area (Å²) < 4.78 is 0. The van der Waals surface area contributed by atoms with Crippen LogP contribution >= 0.6 is 15.9 Å². The minimum atomic E-state index is -0.232. The van der Waals surface area contributed by atoms with E-state index < -0.39 is 0 Å². The fourth-order valence-electron chi connectivity index (χ4n) is 1.91. The molecule has 0 saturated heterocycles. The molecule has 1 amide bonds. The van der Waals surface area contributed by atoms with Gasteiger partial charge in [-0.3, -0.25) is 10.1 Å². The van der Waals surface area contributed by atoms with Gasteiger partial charge in [-0.15, -0.1) is 10.2 Å². The van der Waals surface area contributed by atoms with Crippen LogP contribution in [-0.4, -0.2) is 21.1 Å². The first-order chi connectivity index (χ1) is 10.2. The number of alkyl halides is 1. The molecule has 110 valence electrons. The fraction of sp³-hybridized carbons (Fsp3) is 0.333. The minimum Gasteiger partial charge on any atom is -0.289 e. The third-order valence-electron chi connectivity index (χ3n) is 3.10. The van der Waals surface area contributed by atoms with Crippen molar-refractivity contribution in [1.82, 2.24) is 15.2 Å². The third kappa shape index (κ3) is 3.85. The molecule has 0 aliphatic carbocycles. The molecule has 0 spiro atoms. The maximum Gasteiger partial charge on any atom is 0.258 e. The first-order valence-corrected chi connectivity index (χ1v) is 7.98. The normalized spacial score (nSPS) is 10.4. The summed E-state index contributed by atoms with van der Waals surface area (Å²) in [5.74, 6) is 0.0165. The van der Waals surface area contributed by atoms with Gasteiger partial charge in [-0.1, -0.05) is 41.9 Å². The molecule has 1 aromatic heterocycles. The summed E-state index contributed by atoms with van der Waals surface area (Å²) >= 11 is 3.37. The largest absolute Gasteiger partial charge is 0.289 e. The molecule has 0 aliphatic heterocycles. The van der Waals surface area contributed by atoms with Gasteiger partial charge in [0.2, 0.25) is 5.95 Å². The molecule has 2 rings (SSSR count). The van der Waals surface area contributed by atoms with Crippen LogP contribution in [0.15, 0.2) is 24.3 Å². The summed E-state index contributed by atoms with van der Waals surface area (Å²) in [6.07, 6.45) is 1.55. The highest BCUT2D eigenvalue weighted by Crippen LogP contribution is 2.11. The lowest BCUT2D eigenvalue weighted by molar-refractivity contribution is 0.102. The highest BCUT2D eigenvalue weighted by Gasteiger charge is 2.10. The molecular formula is C15H17BrN4O. The molecule has 0 unspecified atom stereocenters. The van der Waals surface area contributed by atoms with Gasteiger partial charge >= 0.3 is 0 Å². The zero-order valence-corrected chi connectivity index (χ0v) is 13.6. The lowest BCUT2D eigenvalue weighted by Gasteiger charge is -2.07. The van der Waals surface area contributed by atoms with Crippen molar-refractivity contribution in [3.63, 3.8) is 0 Å². The van der Waals surface area contributed by atoms with Gasteiger partial charge in [0.05, 0.1) is 11.4 Å². The van der Waals surface area contributed by atoms with Gasteiger partial charge in [0, 0.05) is 10.9 Å². The topological polar surface area (TPSA) is 67.8 Å². The molecular weight excluding hydrogens is 332 g/mol. The van der Waals surface area contributed by atoms with Crippen LogP contribution in [0.1, 0.15) is 41.2 Å². The molecule has 6 heteroatoms. The number of carbonyl (C=O) groups is 1. The number of aryl methyl sites for hydroxylation is 2. The van der Waals surface area contributed by atoms with Crippen molar-refractivity contribution in [2.45, 2.75) is 32.0 Å². The number of hydrogen-bond acceptors (Lipinski definition) is 4. The van der Waals surface area contributed by atoms with E-state index in [4.69, 9.17) is 0 Å². The minimum absolute atomic E-state index is 0.232. The Balaban J connectivity index is 2.14. The van der Waals surface area contributed by atoms with Crippen molar-refractivity contribution in [1.29, 1.82) is 0 Å². The predicted molar refractivity (Wildman–Crippen MR) is 85.6 cm³/mol. The second kappa shape index (κ2) is 7.26. The first-order valence-electron chi connectivity index (χ1n) is 6.86. The SMILES string of the molecule is CCc1nnc(NC(=O)c2ccc(CBr)cc2)nc1CC. The Morgan fingerprint density at radius 1 is 1.10 bits per heavy atom.